The smallest absolute Gasteiger partial charge is 0 e. The summed E-state index contributed by atoms with van der Waals surface area (Å²) in [5.41, 5.74) is 0. The van der Waals surface area contributed by atoms with Crippen LogP contribution in [0.3, 0.4) is 0 Å². The minimum atomic E-state index is 0. The molecule has 0 spiro atoms. The quantitative estimate of drug-likeness (QED) is 0.617. The van der Waals surface area contributed by atoms with E-state index < -0.39 is 0 Å². The summed E-state index contributed by atoms with van der Waals surface area (Å²) >= 11 is 2.07. The predicted octanol–water partition coefficient (Wildman–Crippen LogP) is 2.20. The molecule has 0 nitrogen and oxygen atoms in total. The van der Waals surface area contributed by atoms with Gasteiger partial charge in [-0.15, -0.1) is 0 Å². The van der Waals surface area contributed by atoms with Crippen LogP contribution in [0.4, 0.5) is 0 Å². The van der Waals surface area contributed by atoms with Gasteiger partial charge in [-0.05, 0) is 24.3 Å². The Morgan fingerprint density at radius 3 is 1.57 bits per heavy atom. The molecule has 0 aliphatic carbocycles. The van der Waals surface area contributed by atoms with E-state index in [0.29, 0.717) is 0 Å². The van der Waals surface area contributed by atoms with Crippen LogP contribution in [0.2, 0.25) is 0 Å². The van der Waals surface area contributed by atoms with E-state index in [-0.39, 0.29) is 34.8 Å². The average Bonchev–Trinajstić information content (AvgIpc) is 1.76. The van der Waals surface area contributed by atoms with Crippen molar-refractivity contribution in [3.8, 4) is 0 Å². The largest absolute Gasteiger partial charge is 0.162 e. The molecule has 0 amide bonds. The molecule has 0 unspecified atom stereocenters. The summed E-state index contributed by atoms with van der Waals surface area (Å²) in [7, 11) is 0. The first-order valence-electron chi connectivity index (χ1n) is 2.08. The van der Waals surface area contributed by atoms with E-state index in [4.69, 9.17) is 0 Å². The number of hydrogen-bond acceptors (Lipinski definition) is 1. The van der Waals surface area contributed by atoms with Crippen LogP contribution in [0.15, 0.2) is 0 Å². The van der Waals surface area contributed by atoms with Crippen LogP contribution in [0.25, 0.3) is 0 Å². The molecule has 7 heavy (non-hydrogen) atoms. The van der Waals surface area contributed by atoms with E-state index in [0.717, 1.165) is 0 Å². The molecule has 0 N–H and O–H groups in total. The van der Waals surface area contributed by atoms with Crippen LogP contribution < -0.4 is 0 Å². The molecule has 1 fully saturated rings. The zero-order chi connectivity index (χ0) is 3.54. The van der Waals surface area contributed by atoms with Gasteiger partial charge < -0.3 is 0 Å². The van der Waals surface area contributed by atoms with Crippen molar-refractivity contribution in [1.82, 2.24) is 0 Å². The van der Waals surface area contributed by atoms with Gasteiger partial charge in [0, 0.05) is 34.8 Å². The zero-order valence-electron chi connectivity index (χ0n) is 3.92. The Bertz CT molecular complexity index is 23.3. The molecule has 48 valence electrons. The van der Waals surface area contributed by atoms with E-state index in [1.54, 1.807) is 0 Å². The third-order valence-electron chi connectivity index (χ3n) is 0.827. The maximum absolute atomic E-state index is 2.07. The Balaban J connectivity index is 0. The third kappa shape index (κ3) is 5.25. The molecule has 0 aromatic heterocycles. The van der Waals surface area contributed by atoms with E-state index in [1.165, 1.54) is 24.3 Å². The van der Waals surface area contributed by atoms with E-state index in [1.807, 2.05) is 0 Å². The van der Waals surface area contributed by atoms with Gasteiger partial charge in [0.25, 0.3) is 0 Å². The molecule has 0 saturated carbocycles. The van der Waals surface area contributed by atoms with Crippen molar-refractivity contribution in [3.63, 3.8) is 0 Å². The van der Waals surface area contributed by atoms with Gasteiger partial charge in [-0.25, -0.2) is 0 Å². The molecule has 1 heterocycles. The number of thioether (sulfide) groups is 1. The minimum absolute atomic E-state index is 0. The first-order valence-corrected chi connectivity index (χ1v) is 3.23. The Labute approximate surface area is 70.7 Å². The molecule has 1 aliphatic heterocycles. The minimum Gasteiger partial charge on any atom is -0.162 e. The number of rotatable bonds is 0. The number of hydrogen-bond donors (Lipinski definition) is 0. The Morgan fingerprint density at radius 2 is 1.43 bits per heavy atom. The van der Waals surface area contributed by atoms with Gasteiger partial charge in [0.2, 0.25) is 0 Å². The molecule has 2 radical (unpaired) electrons. The molecular weight excluding hydrogens is 313 g/mol. The van der Waals surface area contributed by atoms with Crippen LogP contribution in [-0.2, 0) is 22.4 Å². The molecule has 3 heteroatoms. The van der Waals surface area contributed by atoms with Crippen LogP contribution in [0, 0.1) is 0 Å². The molecule has 0 atom stereocenters. The van der Waals surface area contributed by atoms with Crippen LogP contribution in [0.5, 0.6) is 0 Å². The van der Waals surface area contributed by atoms with Crippen molar-refractivity contribution in [1.29, 1.82) is 0 Å². The standard InChI is InChI=1S/C4H8S.Au.Cl/c1-2-4-5-3-1;;/h1-4H2;;. The average molecular weight is 321 g/mol. The maximum Gasteiger partial charge on any atom is 0 e. The summed E-state index contributed by atoms with van der Waals surface area (Å²) in [6.07, 6.45) is 2.93. The topological polar surface area (TPSA) is 0 Å². The van der Waals surface area contributed by atoms with Crippen molar-refractivity contribution >= 4 is 24.2 Å². The van der Waals surface area contributed by atoms with Crippen molar-refractivity contribution in [2.75, 3.05) is 11.5 Å². The first kappa shape index (κ1) is 11.2. The van der Waals surface area contributed by atoms with Gasteiger partial charge >= 0.3 is 0 Å². The van der Waals surface area contributed by atoms with Gasteiger partial charge in [-0.1, -0.05) is 0 Å². The SMILES string of the molecule is C1CCSC1.[Au].[Cl]. The monoisotopic (exact) mass is 320 g/mol. The second-order valence-electron chi connectivity index (χ2n) is 1.32. The van der Waals surface area contributed by atoms with Crippen LogP contribution in [-0.4, -0.2) is 11.5 Å². The Kier molecular flexibility index (Phi) is 11.8. The molecule has 0 aromatic carbocycles. The van der Waals surface area contributed by atoms with E-state index in [9.17, 15) is 0 Å². The molecule has 1 aliphatic rings. The molecule has 0 aromatic rings. The molecule has 0 bridgehead atoms. The Morgan fingerprint density at radius 1 is 1.00 bits per heavy atom. The normalized spacial score (nSPS) is 17.1. The summed E-state index contributed by atoms with van der Waals surface area (Å²) < 4.78 is 0. The van der Waals surface area contributed by atoms with Crippen molar-refractivity contribution in [3.05, 3.63) is 0 Å². The van der Waals surface area contributed by atoms with Gasteiger partial charge in [-0.3, -0.25) is 0 Å². The Hall–Kier alpha value is 1.38. The maximum atomic E-state index is 2.07. The molecule has 1 saturated heterocycles. The predicted molar refractivity (Wildman–Crippen MR) is 32.4 cm³/mol. The van der Waals surface area contributed by atoms with Gasteiger partial charge in [0.15, 0.2) is 0 Å². The van der Waals surface area contributed by atoms with Gasteiger partial charge in [-0.2, -0.15) is 11.8 Å². The zero-order valence-corrected chi connectivity index (χ0v) is 7.66. The fourth-order valence-corrected chi connectivity index (χ4v) is 1.53. The summed E-state index contributed by atoms with van der Waals surface area (Å²) in [6.45, 7) is 0. The van der Waals surface area contributed by atoms with Gasteiger partial charge in [0.05, 0.1) is 0 Å². The summed E-state index contributed by atoms with van der Waals surface area (Å²) in [6, 6.07) is 0. The third-order valence-corrected chi connectivity index (χ3v) is 1.98. The first-order chi connectivity index (χ1) is 2.50. The molecule has 1 rings (SSSR count). The number of halogens is 1. The van der Waals surface area contributed by atoms with Crippen molar-refractivity contribution < 1.29 is 22.4 Å². The second-order valence-corrected chi connectivity index (χ2v) is 2.54. The second kappa shape index (κ2) is 7.38. The van der Waals surface area contributed by atoms with E-state index in [2.05, 4.69) is 11.8 Å². The van der Waals surface area contributed by atoms with Gasteiger partial charge in [0.1, 0.15) is 0 Å². The van der Waals surface area contributed by atoms with Crippen LogP contribution in [0.1, 0.15) is 12.8 Å². The summed E-state index contributed by atoms with van der Waals surface area (Å²) in [5.74, 6) is 2.83. The molecular formula is C4H8AuClS. The summed E-state index contributed by atoms with van der Waals surface area (Å²) in [5, 5.41) is 0. The fraction of sp³-hybridized carbons (Fsp3) is 1.00. The van der Waals surface area contributed by atoms with E-state index >= 15 is 0 Å². The summed E-state index contributed by atoms with van der Waals surface area (Å²) in [4.78, 5) is 0. The van der Waals surface area contributed by atoms with Crippen molar-refractivity contribution in [2.45, 2.75) is 12.8 Å². The van der Waals surface area contributed by atoms with Crippen molar-refractivity contribution in [2.24, 2.45) is 0 Å². The van der Waals surface area contributed by atoms with Crippen LogP contribution >= 0.6 is 24.2 Å². The fourth-order valence-electron chi connectivity index (χ4n) is 0.510.